The average molecular weight is 396 g/mol. The quantitative estimate of drug-likeness (QED) is 0.524. The number of hydrogen-bond donors (Lipinski definition) is 1. The molecule has 5 heteroatoms. The summed E-state index contributed by atoms with van der Waals surface area (Å²) in [4.78, 5) is 11.6. The van der Waals surface area contributed by atoms with E-state index in [0.29, 0.717) is 5.95 Å². The predicted molar refractivity (Wildman–Crippen MR) is 121 cm³/mol. The zero-order valence-corrected chi connectivity index (χ0v) is 17.2. The SMILES string of the molecule is COc1cc2c(cc1Nc1ncc3ccc(-c4ccccc4)cc3n1)CN(C)CC2. The highest BCUT2D eigenvalue weighted by atomic mass is 16.5. The van der Waals surface area contributed by atoms with Gasteiger partial charge in [-0.05, 0) is 53.9 Å². The second kappa shape index (κ2) is 7.76. The first-order valence-electron chi connectivity index (χ1n) is 10.2. The third-order valence-electron chi connectivity index (χ3n) is 5.66. The van der Waals surface area contributed by atoms with Crippen molar-refractivity contribution in [3.8, 4) is 16.9 Å². The van der Waals surface area contributed by atoms with Crippen LogP contribution in [0.4, 0.5) is 11.6 Å². The van der Waals surface area contributed by atoms with Crippen molar-refractivity contribution in [2.24, 2.45) is 0 Å². The van der Waals surface area contributed by atoms with Crippen LogP contribution in [-0.2, 0) is 13.0 Å². The van der Waals surface area contributed by atoms with E-state index < -0.39 is 0 Å². The Morgan fingerprint density at radius 2 is 1.83 bits per heavy atom. The van der Waals surface area contributed by atoms with E-state index in [2.05, 4.69) is 64.7 Å². The van der Waals surface area contributed by atoms with Gasteiger partial charge in [-0.3, -0.25) is 0 Å². The van der Waals surface area contributed by atoms with Crippen LogP contribution in [0.15, 0.2) is 66.9 Å². The number of benzene rings is 3. The minimum atomic E-state index is 0.565. The molecule has 0 spiro atoms. The van der Waals surface area contributed by atoms with Gasteiger partial charge < -0.3 is 15.0 Å². The first-order valence-corrected chi connectivity index (χ1v) is 10.2. The van der Waals surface area contributed by atoms with Crippen molar-refractivity contribution in [1.82, 2.24) is 14.9 Å². The molecule has 0 amide bonds. The number of aromatic nitrogens is 2. The lowest BCUT2D eigenvalue weighted by Gasteiger charge is -2.26. The molecule has 0 bridgehead atoms. The maximum Gasteiger partial charge on any atom is 0.227 e. The van der Waals surface area contributed by atoms with Crippen LogP contribution < -0.4 is 10.1 Å². The lowest BCUT2D eigenvalue weighted by Crippen LogP contribution is -2.26. The largest absolute Gasteiger partial charge is 0.495 e. The van der Waals surface area contributed by atoms with Gasteiger partial charge >= 0.3 is 0 Å². The van der Waals surface area contributed by atoms with E-state index >= 15 is 0 Å². The molecule has 0 unspecified atom stereocenters. The molecule has 5 nitrogen and oxygen atoms in total. The van der Waals surface area contributed by atoms with Gasteiger partial charge in [-0.2, -0.15) is 0 Å². The van der Waals surface area contributed by atoms with E-state index in [4.69, 9.17) is 9.72 Å². The molecule has 0 fully saturated rings. The molecule has 3 aromatic carbocycles. The molecule has 0 atom stereocenters. The number of anilines is 2. The highest BCUT2D eigenvalue weighted by molar-refractivity contribution is 5.84. The summed E-state index contributed by atoms with van der Waals surface area (Å²) in [6.45, 7) is 2.01. The van der Waals surface area contributed by atoms with E-state index in [1.165, 1.54) is 16.7 Å². The minimum absolute atomic E-state index is 0.565. The van der Waals surface area contributed by atoms with Crippen molar-refractivity contribution in [2.75, 3.05) is 26.0 Å². The standard InChI is InChI=1S/C25H24N4O/c1-29-11-10-19-14-24(30-2)23(13-21(19)16-29)28-25-26-15-20-9-8-18(12-22(20)27-25)17-6-4-3-5-7-17/h3-9,12-15H,10-11,16H2,1-2H3,(H,26,27,28). The Kier molecular flexibility index (Phi) is 4.81. The van der Waals surface area contributed by atoms with Crippen molar-refractivity contribution in [3.05, 3.63) is 78.0 Å². The molecule has 0 aliphatic carbocycles. The van der Waals surface area contributed by atoms with Crippen LogP contribution in [0.1, 0.15) is 11.1 Å². The maximum absolute atomic E-state index is 5.64. The third-order valence-corrected chi connectivity index (χ3v) is 5.66. The Labute approximate surface area is 176 Å². The zero-order chi connectivity index (χ0) is 20.5. The normalized spacial score (nSPS) is 13.8. The van der Waals surface area contributed by atoms with E-state index in [-0.39, 0.29) is 0 Å². The van der Waals surface area contributed by atoms with Gasteiger partial charge in [0, 0.05) is 24.7 Å². The van der Waals surface area contributed by atoms with Crippen molar-refractivity contribution >= 4 is 22.5 Å². The van der Waals surface area contributed by atoms with E-state index in [0.717, 1.165) is 47.4 Å². The van der Waals surface area contributed by atoms with E-state index in [1.807, 2.05) is 24.4 Å². The van der Waals surface area contributed by atoms with Crippen LogP contribution in [0.5, 0.6) is 5.75 Å². The number of nitrogens with zero attached hydrogens (tertiary/aromatic N) is 3. The summed E-state index contributed by atoms with van der Waals surface area (Å²) in [7, 11) is 3.85. The molecular formula is C25H24N4O. The van der Waals surface area contributed by atoms with Gasteiger partial charge in [0.1, 0.15) is 5.75 Å². The monoisotopic (exact) mass is 396 g/mol. The van der Waals surface area contributed by atoms with Crippen molar-refractivity contribution < 1.29 is 4.74 Å². The van der Waals surface area contributed by atoms with Crippen LogP contribution >= 0.6 is 0 Å². The van der Waals surface area contributed by atoms with E-state index in [1.54, 1.807) is 7.11 Å². The first kappa shape index (κ1) is 18.6. The fourth-order valence-electron chi connectivity index (χ4n) is 4.01. The second-order valence-electron chi connectivity index (χ2n) is 7.77. The fourth-order valence-corrected chi connectivity index (χ4v) is 4.01. The van der Waals surface area contributed by atoms with Gasteiger partial charge in [-0.25, -0.2) is 9.97 Å². The zero-order valence-electron chi connectivity index (χ0n) is 17.2. The van der Waals surface area contributed by atoms with Crippen LogP contribution in [0.25, 0.3) is 22.0 Å². The molecule has 0 radical (unpaired) electrons. The number of ether oxygens (including phenoxy) is 1. The second-order valence-corrected chi connectivity index (χ2v) is 7.77. The first-order chi connectivity index (χ1) is 14.7. The summed E-state index contributed by atoms with van der Waals surface area (Å²) in [5, 5.41) is 4.39. The Bertz CT molecular complexity index is 1210. The van der Waals surface area contributed by atoms with Crippen molar-refractivity contribution in [1.29, 1.82) is 0 Å². The van der Waals surface area contributed by atoms with Gasteiger partial charge in [0.15, 0.2) is 0 Å². The number of fused-ring (bicyclic) bond motifs is 2. The van der Waals surface area contributed by atoms with Crippen LogP contribution in [0.2, 0.25) is 0 Å². The lowest BCUT2D eigenvalue weighted by molar-refractivity contribution is 0.312. The van der Waals surface area contributed by atoms with Crippen LogP contribution in [0, 0.1) is 0 Å². The Morgan fingerprint density at radius 3 is 2.67 bits per heavy atom. The number of nitrogens with one attached hydrogen (secondary N) is 1. The van der Waals surface area contributed by atoms with Gasteiger partial charge in [0.25, 0.3) is 0 Å². The summed E-state index contributed by atoms with van der Waals surface area (Å²) in [5.74, 6) is 1.38. The number of methoxy groups -OCH3 is 1. The molecule has 0 saturated heterocycles. The smallest absolute Gasteiger partial charge is 0.227 e. The summed E-state index contributed by atoms with van der Waals surface area (Å²) in [6.07, 6.45) is 2.90. The van der Waals surface area contributed by atoms with Gasteiger partial charge in [-0.1, -0.05) is 42.5 Å². The Morgan fingerprint density at radius 1 is 0.967 bits per heavy atom. The van der Waals surface area contributed by atoms with Crippen molar-refractivity contribution in [2.45, 2.75) is 13.0 Å². The fraction of sp³-hybridized carbons (Fsp3) is 0.200. The number of rotatable bonds is 4. The maximum atomic E-state index is 5.64. The molecule has 30 heavy (non-hydrogen) atoms. The number of likely N-dealkylation sites (N-methyl/N-ethyl adjacent to an activating group) is 1. The molecule has 0 saturated carbocycles. The molecule has 1 aromatic heterocycles. The summed E-state index contributed by atoms with van der Waals surface area (Å²) in [5.41, 5.74) is 6.78. The molecule has 2 heterocycles. The molecule has 150 valence electrons. The number of hydrogen-bond acceptors (Lipinski definition) is 5. The average Bonchev–Trinajstić information content (AvgIpc) is 2.78. The van der Waals surface area contributed by atoms with Gasteiger partial charge in [0.2, 0.25) is 5.95 Å². The summed E-state index contributed by atoms with van der Waals surface area (Å²) >= 11 is 0. The molecule has 5 rings (SSSR count). The summed E-state index contributed by atoms with van der Waals surface area (Å²) < 4.78 is 5.64. The highest BCUT2D eigenvalue weighted by Crippen LogP contribution is 2.33. The lowest BCUT2D eigenvalue weighted by atomic mass is 9.99. The summed E-state index contributed by atoms with van der Waals surface area (Å²) in [6, 6.07) is 20.9. The van der Waals surface area contributed by atoms with Crippen LogP contribution in [-0.4, -0.2) is 35.6 Å². The molecule has 1 aliphatic heterocycles. The topological polar surface area (TPSA) is 50.3 Å². The Balaban J connectivity index is 1.50. The van der Waals surface area contributed by atoms with Crippen LogP contribution in [0.3, 0.4) is 0 Å². The highest BCUT2D eigenvalue weighted by Gasteiger charge is 2.17. The molecule has 1 aliphatic rings. The molecular weight excluding hydrogens is 372 g/mol. The molecule has 4 aromatic rings. The van der Waals surface area contributed by atoms with E-state index in [9.17, 15) is 0 Å². The third kappa shape index (κ3) is 3.60. The minimum Gasteiger partial charge on any atom is -0.495 e. The van der Waals surface area contributed by atoms with Gasteiger partial charge in [-0.15, -0.1) is 0 Å². The predicted octanol–water partition coefficient (Wildman–Crippen LogP) is 5.04. The van der Waals surface area contributed by atoms with Crippen molar-refractivity contribution in [3.63, 3.8) is 0 Å². The molecule has 1 N–H and O–H groups in total. The Hall–Kier alpha value is -3.44. The van der Waals surface area contributed by atoms with Gasteiger partial charge in [0.05, 0.1) is 18.3 Å².